The van der Waals surface area contributed by atoms with Crippen LogP contribution < -0.4 is 0 Å². The standard InChI is InChI=1S/C13H22/c1-5-7-9-10-12-13(3,4)11-8-6-2/h5-6,8,10,12H,1,7,9,11H2,2-4H3. The van der Waals surface area contributed by atoms with E-state index in [0.29, 0.717) is 5.41 Å². The van der Waals surface area contributed by atoms with E-state index in [1.807, 2.05) is 6.08 Å². The zero-order valence-electron chi connectivity index (χ0n) is 9.22. The van der Waals surface area contributed by atoms with Crippen molar-refractivity contribution in [1.29, 1.82) is 0 Å². The van der Waals surface area contributed by atoms with E-state index >= 15 is 0 Å². The van der Waals surface area contributed by atoms with E-state index in [1.165, 1.54) is 0 Å². The van der Waals surface area contributed by atoms with Gasteiger partial charge >= 0.3 is 0 Å². The molecule has 0 aliphatic heterocycles. The summed E-state index contributed by atoms with van der Waals surface area (Å²) in [6.07, 6.45) is 14.2. The largest absolute Gasteiger partial charge is 0.103 e. The average Bonchev–Trinajstić information content (AvgIpc) is 2.09. The Morgan fingerprint density at radius 1 is 1.15 bits per heavy atom. The summed E-state index contributed by atoms with van der Waals surface area (Å²) in [4.78, 5) is 0. The van der Waals surface area contributed by atoms with Gasteiger partial charge in [-0.25, -0.2) is 0 Å². The normalized spacial score (nSPS) is 12.8. The van der Waals surface area contributed by atoms with E-state index in [2.05, 4.69) is 51.7 Å². The first kappa shape index (κ1) is 12.2. The summed E-state index contributed by atoms with van der Waals surface area (Å²) in [5, 5.41) is 0. The lowest BCUT2D eigenvalue weighted by molar-refractivity contribution is 0.487. The molecule has 0 amide bonds. The third kappa shape index (κ3) is 7.58. The third-order valence-electron chi connectivity index (χ3n) is 1.99. The summed E-state index contributed by atoms with van der Waals surface area (Å²) in [5.41, 5.74) is 0.299. The number of rotatable bonds is 6. The Kier molecular flexibility index (Phi) is 6.30. The van der Waals surface area contributed by atoms with E-state index in [0.717, 1.165) is 19.3 Å². The van der Waals surface area contributed by atoms with Crippen molar-refractivity contribution >= 4 is 0 Å². The molecule has 0 N–H and O–H groups in total. The predicted octanol–water partition coefficient (Wildman–Crippen LogP) is 4.50. The van der Waals surface area contributed by atoms with Crippen LogP contribution in [0, 0.1) is 5.41 Å². The first-order valence-corrected chi connectivity index (χ1v) is 5.02. The third-order valence-corrected chi connectivity index (χ3v) is 1.99. The van der Waals surface area contributed by atoms with Crippen molar-refractivity contribution in [3.8, 4) is 0 Å². The molecule has 0 aliphatic carbocycles. The summed E-state index contributed by atoms with van der Waals surface area (Å²) in [6, 6.07) is 0. The van der Waals surface area contributed by atoms with Crippen LogP contribution in [0.25, 0.3) is 0 Å². The molecular weight excluding hydrogens is 156 g/mol. The van der Waals surface area contributed by atoms with Gasteiger partial charge < -0.3 is 0 Å². The molecule has 0 saturated carbocycles. The van der Waals surface area contributed by atoms with Crippen LogP contribution in [-0.2, 0) is 0 Å². The zero-order chi connectivity index (χ0) is 10.2. The Hall–Kier alpha value is -0.780. The molecule has 0 rings (SSSR count). The maximum absolute atomic E-state index is 3.70. The van der Waals surface area contributed by atoms with Crippen LogP contribution in [0.4, 0.5) is 0 Å². The van der Waals surface area contributed by atoms with Crippen LogP contribution in [0.5, 0.6) is 0 Å². The van der Waals surface area contributed by atoms with Gasteiger partial charge in [-0.2, -0.15) is 0 Å². The molecule has 0 bridgehead atoms. The Morgan fingerprint density at radius 3 is 2.38 bits per heavy atom. The summed E-state index contributed by atoms with van der Waals surface area (Å²) in [6.45, 7) is 10.3. The Labute approximate surface area is 83.0 Å². The maximum Gasteiger partial charge on any atom is -0.0140 e. The van der Waals surface area contributed by atoms with E-state index in [1.54, 1.807) is 0 Å². The fourth-order valence-corrected chi connectivity index (χ4v) is 1.11. The van der Waals surface area contributed by atoms with Gasteiger partial charge in [0.1, 0.15) is 0 Å². The van der Waals surface area contributed by atoms with E-state index in [4.69, 9.17) is 0 Å². The molecule has 0 heteroatoms. The van der Waals surface area contributed by atoms with Gasteiger partial charge in [-0.15, -0.1) is 6.58 Å². The molecule has 0 nitrogen and oxygen atoms in total. The van der Waals surface area contributed by atoms with E-state index < -0.39 is 0 Å². The molecule has 0 aliphatic rings. The second-order valence-corrected chi connectivity index (χ2v) is 4.03. The van der Waals surface area contributed by atoms with Crippen molar-refractivity contribution in [3.63, 3.8) is 0 Å². The number of unbranched alkanes of at least 4 members (excludes halogenated alkanes) is 1. The van der Waals surface area contributed by atoms with Gasteiger partial charge in [0.25, 0.3) is 0 Å². The molecule has 0 fully saturated rings. The van der Waals surface area contributed by atoms with Crippen LogP contribution in [0.15, 0.2) is 37.0 Å². The maximum atomic E-state index is 3.70. The van der Waals surface area contributed by atoms with Gasteiger partial charge in [0.15, 0.2) is 0 Å². The molecule has 0 spiro atoms. The van der Waals surface area contributed by atoms with Crippen LogP contribution in [0.1, 0.15) is 40.0 Å². The van der Waals surface area contributed by atoms with Crippen LogP contribution >= 0.6 is 0 Å². The van der Waals surface area contributed by atoms with Crippen LogP contribution in [0.3, 0.4) is 0 Å². The van der Waals surface area contributed by atoms with E-state index in [9.17, 15) is 0 Å². The number of hydrogen-bond acceptors (Lipinski definition) is 0. The minimum absolute atomic E-state index is 0.299. The van der Waals surface area contributed by atoms with Crippen molar-refractivity contribution in [2.24, 2.45) is 5.41 Å². The van der Waals surface area contributed by atoms with Crippen molar-refractivity contribution < 1.29 is 0 Å². The SMILES string of the molecule is C=CCCC=CC(C)(C)CC=CC. The summed E-state index contributed by atoms with van der Waals surface area (Å²) in [5.74, 6) is 0. The second kappa shape index (κ2) is 6.71. The first-order chi connectivity index (χ1) is 6.12. The predicted molar refractivity (Wildman–Crippen MR) is 61.8 cm³/mol. The van der Waals surface area contributed by atoms with E-state index in [-0.39, 0.29) is 0 Å². The molecule has 0 saturated heterocycles. The Morgan fingerprint density at radius 2 is 1.85 bits per heavy atom. The lowest BCUT2D eigenvalue weighted by Gasteiger charge is -2.17. The number of hydrogen-bond donors (Lipinski definition) is 0. The first-order valence-electron chi connectivity index (χ1n) is 5.02. The van der Waals surface area contributed by atoms with Crippen molar-refractivity contribution in [2.45, 2.75) is 40.0 Å². The lowest BCUT2D eigenvalue weighted by Crippen LogP contribution is -2.04. The smallest absolute Gasteiger partial charge is 0.0140 e. The van der Waals surface area contributed by atoms with Crippen molar-refractivity contribution in [1.82, 2.24) is 0 Å². The molecule has 0 aromatic heterocycles. The van der Waals surface area contributed by atoms with Crippen LogP contribution in [-0.4, -0.2) is 0 Å². The highest BCUT2D eigenvalue weighted by Gasteiger charge is 2.10. The highest BCUT2D eigenvalue weighted by molar-refractivity contribution is 4.99. The molecule has 0 radical (unpaired) electrons. The van der Waals surface area contributed by atoms with Crippen molar-refractivity contribution in [3.05, 3.63) is 37.0 Å². The quantitative estimate of drug-likeness (QED) is 0.415. The molecule has 0 heterocycles. The highest BCUT2D eigenvalue weighted by atomic mass is 14.1. The van der Waals surface area contributed by atoms with Gasteiger partial charge in [-0.1, -0.05) is 44.2 Å². The summed E-state index contributed by atoms with van der Waals surface area (Å²) in [7, 11) is 0. The molecule has 0 unspecified atom stereocenters. The van der Waals surface area contributed by atoms with Crippen molar-refractivity contribution in [2.75, 3.05) is 0 Å². The average molecular weight is 178 g/mol. The second-order valence-electron chi connectivity index (χ2n) is 4.03. The van der Waals surface area contributed by atoms with Gasteiger partial charge in [0.05, 0.1) is 0 Å². The molecule has 13 heavy (non-hydrogen) atoms. The minimum Gasteiger partial charge on any atom is -0.103 e. The Balaban J connectivity index is 3.84. The fraction of sp³-hybridized carbons (Fsp3) is 0.538. The zero-order valence-corrected chi connectivity index (χ0v) is 9.22. The summed E-state index contributed by atoms with van der Waals surface area (Å²) >= 11 is 0. The molecule has 0 aromatic carbocycles. The van der Waals surface area contributed by atoms with Gasteiger partial charge in [0.2, 0.25) is 0 Å². The molecule has 0 aromatic rings. The van der Waals surface area contributed by atoms with Crippen LogP contribution in [0.2, 0.25) is 0 Å². The Bertz CT molecular complexity index is 182. The molecule has 74 valence electrons. The minimum atomic E-state index is 0.299. The lowest BCUT2D eigenvalue weighted by atomic mass is 9.88. The topological polar surface area (TPSA) is 0 Å². The number of allylic oxidation sites excluding steroid dienone is 5. The van der Waals surface area contributed by atoms with Gasteiger partial charge in [-0.05, 0) is 31.6 Å². The summed E-state index contributed by atoms with van der Waals surface area (Å²) < 4.78 is 0. The highest BCUT2D eigenvalue weighted by Crippen LogP contribution is 2.22. The van der Waals surface area contributed by atoms with Gasteiger partial charge in [-0.3, -0.25) is 0 Å². The molecule has 0 atom stereocenters. The molecular formula is C13H22. The fourth-order valence-electron chi connectivity index (χ4n) is 1.11. The van der Waals surface area contributed by atoms with Gasteiger partial charge in [0, 0.05) is 0 Å². The monoisotopic (exact) mass is 178 g/mol.